The summed E-state index contributed by atoms with van der Waals surface area (Å²) >= 11 is 0. The van der Waals surface area contributed by atoms with Gasteiger partial charge in [0.05, 0.1) is 5.56 Å². The minimum absolute atomic E-state index is 0.205. The van der Waals surface area contributed by atoms with Gasteiger partial charge in [-0.25, -0.2) is 4.98 Å². The Morgan fingerprint density at radius 3 is 2.88 bits per heavy atom. The third-order valence-electron chi connectivity index (χ3n) is 2.26. The Labute approximate surface area is 95.3 Å². The molecule has 16 heavy (non-hydrogen) atoms. The lowest BCUT2D eigenvalue weighted by Crippen LogP contribution is -2.18. The number of carbonyl (C=O) groups is 1. The SMILES string of the molecule is C#CCC(CC)Nc1ccc(C(N)=O)cn1. The van der Waals surface area contributed by atoms with E-state index in [4.69, 9.17) is 12.2 Å². The smallest absolute Gasteiger partial charge is 0.250 e. The van der Waals surface area contributed by atoms with Crippen LogP contribution in [0.1, 0.15) is 30.1 Å². The predicted molar refractivity (Wildman–Crippen MR) is 63.9 cm³/mol. The lowest BCUT2D eigenvalue weighted by molar-refractivity contribution is 0.1000. The molecular formula is C12H15N3O. The third kappa shape index (κ3) is 3.28. The summed E-state index contributed by atoms with van der Waals surface area (Å²) < 4.78 is 0. The van der Waals surface area contributed by atoms with Crippen LogP contribution in [0, 0.1) is 12.3 Å². The number of rotatable bonds is 5. The number of pyridine rings is 1. The normalized spacial score (nSPS) is 11.5. The Morgan fingerprint density at radius 2 is 2.44 bits per heavy atom. The molecule has 1 aromatic rings. The van der Waals surface area contributed by atoms with E-state index >= 15 is 0 Å². The average molecular weight is 217 g/mol. The van der Waals surface area contributed by atoms with Gasteiger partial charge in [-0.1, -0.05) is 6.92 Å². The van der Waals surface area contributed by atoms with E-state index in [-0.39, 0.29) is 6.04 Å². The van der Waals surface area contributed by atoms with Crippen LogP contribution in [0.25, 0.3) is 0 Å². The Balaban J connectivity index is 2.68. The van der Waals surface area contributed by atoms with Crippen molar-refractivity contribution in [3.05, 3.63) is 23.9 Å². The number of primary amides is 1. The van der Waals surface area contributed by atoms with Crippen LogP contribution in [-0.4, -0.2) is 16.9 Å². The molecule has 0 saturated heterocycles. The molecule has 0 aliphatic carbocycles. The zero-order chi connectivity index (χ0) is 12.0. The molecule has 0 radical (unpaired) electrons. The molecular weight excluding hydrogens is 202 g/mol. The van der Waals surface area contributed by atoms with Crippen molar-refractivity contribution in [1.29, 1.82) is 0 Å². The summed E-state index contributed by atoms with van der Waals surface area (Å²) in [4.78, 5) is 14.9. The van der Waals surface area contributed by atoms with Crippen LogP contribution in [0.4, 0.5) is 5.82 Å². The predicted octanol–water partition coefficient (Wildman–Crippen LogP) is 1.39. The summed E-state index contributed by atoms with van der Waals surface area (Å²) in [5, 5.41) is 3.19. The van der Waals surface area contributed by atoms with E-state index in [0.717, 1.165) is 6.42 Å². The molecule has 0 saturated carbocycles. The van der Waals surface area contributed by atoms with Crippen molar-refractivity contribution in [2.45, 2.75) is 25.8 Å². The zero-order valence-corrected chi connectivity index (χ0v) is 9.23. The summed E-state index contributed by atoms with van der Waals surface area (Å²) in [7, 11) is 0. The standard InChI is InChI=1S/C12H15N3O/c1-3-5-10(4-2)15-11-7-6-9(8-14-11)12(13)16/h1,6-8,10H,4-5H2,2H3,(H2,13,16)(H,14,15). The minimum atomic E-state index is -0.477. The van der Waals surface area contributed by atoms with E-state index in [9.17, 15) is 4.79 Å². The van der Waals surface area contributed by atoms with Crippen molar-refractivity contribution in [3.8, 4) is 12.3 Å². The number of aromatic nitrogens is 1. The fourth-order valence-electron chi connectivity index (χ4n) is 1.27. The third-order valence-corrected chi connectivity index (χ3v) is 2.26. The molecule has 1 atom stereocenters. The van der Waals surface area contributed by atoms with E-state index in [1.807, 2.05) is 6.92 Å². The lowest BCUT2D eigenvalue weighted by atomic mass is 10.1. The van der Waals surface area contributed by atoms with E-state index in [0.29, 0.717) is 17.8 Å². The first-order valence-electron chi connectivity index (χ1n) is 5.13. The highest BCUT2D eigenvalue weighted by atomic mass is 16.1. The molecule has 1 amide bonds. The molecule has 0 fully saturated rings. The molecule has 1 rings (SSSR count). The maximum Gasteiger partial charge on any atom is 0.250 e. The Hall–Kier alpha value is -2.02. The first kappa shape index (κ1) is 12.1. The monoisotopic (exact) mass is 217 g/mol. The van der Waals surface area contributed by atoms with Crippen molar-refractivity contribution in [3.63, 3.8) is 0 Å². The number of nitrogens with two attached hydrogens (primary N) is 1. The molecule has 0 bridgehead atoms. The lowest BCUT2D eigenvalue weighted by Gasteiger charge is -2.14. The van der Waals surface area contributed by atoms with Crippen LogP contribution < -0.4 is 11.1 Å². The van der Waals surface area contributed by atoms with Gasteiger partial charge in [0.15, 0.2) is 0 Å². The van der Waals surface area contributed by atoms with Crippen molar-refractivity contribution in [2.24, 2.45) is 5.73 Å². The van der Waals surface area contributed by atoms with Gasteiger partial charge in [0, 0.05) is 18.7 Å². The van der Waals surface area contributed by atoms with Crippen LogP contribution in [0.2, 0.25) is 0 Å². The Morgan fingerprint density at radius 1 is 1.69 bits per heavy atom. The fraction of sp³-hybridized carbons (Fsp3) is 0.333. The van der Waals surface area contributed by atoms with Crippen molar-refractivity contribution in [1.82, 2.24) is 4.98 Å². The molecule has 3 N–H and O–H groups in total. The molecule has 1 unspecified atom stereocenters. The molecule has 0 aliphatic heterocycles. The van der Waals surface area contributed by atoms with E-state index < -0.39 is 5.91 Å². The number of nitrogens with one attached hydrogen (secondary N) is 1. The topological polar surface area (TPSA) is 68.0 Å². The summed E-state index contributed by atoms with van der Waals surface area (Å²) in [6, 6.07) is 3.57. The Kier molecular flexibility index (Phi) is 4.34. The van der Waals surface area contributed by atoms with Crippen LogP contribution >= 0.6 is 0 Å². The zero-order valence-electron chi connectivity index (χ0n) is 9.23. The number of carbonyl (C=O) groups excluding carboxylic acids is 1. The summed E-state index contributed by atoms with van der Waals surface area (Å²) in [5.41, 5.74) is 5.51. The highest BCUT2D eigenvalue weighted by Crippen LogP contribution is 2.09. The molecule has 4 nitrogen and oxygen atoms in total. The molecule has 0 spiro atoms. The van der Waals surface area contributed by atoms with Gasteiger partial charge in [-0.2, -0.15) is 0 Å². The van der Waals surface area contributed by atoms with Crippen LogP contribution in [0.5, 0.6) is 0 Å². The quantitative estimate of drug-likeness (QED) is 0.732. The van der Waals surface area contributed by atoms with Crippen LogP contribution in [0.3, 0.4) is 0 Å². The van der Waals surface area contributed by atoms with Gasteiger partial charge in [0.25, 0.3) is 0 Å². The number of hydrogen-bond acceptors (Lipinski definition) is 3. The fourth-order valence-corrected chi connectivity index (χ4v) is 1.27. The van der Waals surface area contributed by atoms with Gasteiger partial charge in [0.1, 0.15) is 5.82 Å². The first-order valence-corrected chi connectivity index (χ1v) is 5.13. The van der Waals surface area contributed by atoms with Gasteiger partial charge in [-0.15, -0.1) is 12.3 Å². The van der Waals surface area contributed by atoms with E-state index in [1.165, 1.54) is 6.20 Å². The molecule has 1 heterocycles. The van der Waals surface area contributed by atoms with Gasteiger partial charge in [0.2, 0.25) is 5.91 Å². The van der Waals surface area contributed by atoms with Gasteiger partial charge in [-0.3, -0.25) is 4.79 Å². The minimum Gasteiger partial charge on any atom is -0.366 e. The van der Waals surface area contributed by atoms with Crippen molar-refractivity contribution < 1.29 is 4.79 Å². The van der Waals surface area contributed by atoms with Crippen LogP contribution in [-0.2, 0) is 0 Å². The van der Waals surface area contributed by atoms with Crippen molar-refractivity contribution >= 4 is 11.7 Å². The summed E-state index contributed by atoms with van der Waals surface area (Å²) in [6.45, 7) is 2.05. The maximum atomic E-state index is 10.8. The van der Waals surface area contributed by atoms with Gasteiger partial charge < -0.3 is 11.1 Å². The van der Waals surface area contributed by atoms with Gasteiger partial charge >= 0.3 is 0 Å². The molecule has 0 aromatic carbocycles. The molecule has 1 aromatic heterocycles. The highest BCUT2D eigenvalue weighted by Gasteiger charge is 2.06. The van der Waals surface area contributed by atoms with Gasteiger partial charge in [-0.05, 0) is 18.6 Å². The number of nitrogens with zero attached hydrogens (tertiary/aromatic N) is 1. The average Bonchev–Trinajstić information content (AvgIpc) is 2.29. The van der Waals surface area contributed by atoms with E-state index in [1.54, 1.807) is 12.1 Å². The first-order chi connectivity index (χ1) is 7.67. The van der Waals surface area contributed by atoms with E-state index in [2.05, 4.69) is 16.2 Å². The Bertz CT molecular complexity index is 392. The molecule has 4 heteroatoms. The number of amides is 1. The van der Waals surface area contributed by atoms with Crippen molar-refractivity contribution in [2.75, 3.05) is 5.32 Å². The largest absolute Gasteiger partial charge is 0.366 e. The highest BCUT2D eigenvalue weighted by molar-refractivity contribution is 5.92. The second-order valence-corrected chi connectivity index (χ2v) is 3.45. The second-order valence-electron chi connectivity index (χ2n) is 3.45. The number of anilines is 1. The molecule has 0 aliphatic rings. The summed E-state index contributed by atoms with van der Waals surface area (Å²) in [5.74, 6) is 2.83. The summed E-state index contributed by atoms with van der Waals surface area (Å²) in [6.07, 6.45) is 8.27. The second kappa shape index (κ2) is 5.76. The number of hydrogen-bond donors (Lipinski definition) is 2. The molecule has 84 valence electrons. The number of terminal acetylenes is 1. The van der Waals surface area contributed by atoms with Crippen LogP contribution in [0.15, 0.2) is 18.3 Å². The maximum absolute atomic E-state index is 10.8.